The Labute approximate surface area is 266 Å². The quantitative estimate of drug-likeness (QED) is 0.447. The largest absolute Gasteiger partial charge is 0.506 e. The van der Waals surface area contributed by atoms with E-state index in [0.717, 1.165) is 30.5 Å². The molecule has 0 amide bonds. The third kappa shape index (κ3) is 3.64. The Kier molecular flexibility index (Phi) is 6.58. The predicted molar refractivity (Wildman–Crippen MR) is 160 cm³/mol. The van der Waals surface area contributed by atoms with Crippen LogP contribution in [0.4, 0.5) is 0 Å². The number of Topliss-reactive ketones (excluding diaryl/α,β-unsaturated/α-hetero) is 1. The minimum atomic E-state index is -1.54. The summed E-state index contributed by atoms with van der Waals surface area (Å²) in [6.45, 7) is 8.12. The van der Waals surface area contributed by atoms with Crippen LogP contribution < -0.4 is 14.8 Å². The SMILES string of the molecule is CCN[C@@H]1CC[C@H](O[C@@]23Oc4c(c(C)cc5c(OC)c6c(c(O)c45)C(=O)CCC6)C4O[C@](C5OCCCO5)(OC42)[C@]32CO2)O[C@H]1C. The Hall–Kier alpha value is -2.55. The molecule has 5 saturated heterocycles. The number of hydrogen-bond acceptors (Lipinski definition) is 12. The summed E-state index contributed by atoms with van der Waals surface area (Å²) in [7, 11) is 1.59. The molecule has 9 rings (SSSR count). The molecule has 2 bridgehead atoms. The number of benzene rings is 2. The van der Waals surface area contributed by atoms with Gasteiger partial charge in [-0.15, -0.1) is 0 Å². The first-order chi connectivity index (χ1) is 22.3. The van der Waals surface area contributed by atoms with Gasteiger partial charge in [-0.2, -0.15) is 0 Å². The number of ether oxygens (including phenoxy) is 9. The van der Waals surface area contributed by atoms with E-state index in [1.54, 1.807) is 7.11 Å². The maximum atomic E-state index is 13.3. The summed E-state index contributed by atoms with van der Waals surface area (Å²) in [5.41, 5.74) is 1.33. The number of nitrogens with one attached hydrogen (secondary N) is 1. The summed E-state index contributed by atoms with van der Waals surface area (Å²) in [5, 5.41) is 16.5. The molecule has 2 unspecified atom stereocenters. The Morgan fingerprint density at radius 3 is 2.65 bits per heavy atom. The van der Waals surface area contributed by atoms with Crippen molar-refractivity contribution in [2.45, 2.75) is 113 Å². The maximum absolute atomic E-state index is 13.3. The highest BCUT2D eigenvalue weighted by molar-refractivity contribution is 6.11. The fourth-order valence-electron chi connectivity index (χ4n) is 8.95. The zero-order valence-electron chi connectivity index (χ0n) is 26.6. The lowest BCUT2D eigenvalue weighted by Crippen LogP contribution is -2.71. The number of phenolic OH excluding ortho intramolecular Hbond substituents is 1. The number of aromatic hydroxyl groups is 1. The molecule has 0 radical (unpaired) electrons. The predicted octanol–water partition coefficient (Wildman–Crippen LogP) is 3.69. The van der Waals surface area contributed by atoms with Crippen LogP contribution in [-0.4, -0.2) is 92.4 Å². The van der Waals surface area contributed by atoms with Gasteiger partial charge in [0.15, 0.2) is 18.2 Å². The van der Waals surface area contributed by atoms with Crippen molar-refractivity contribution in [1.82, 2.24) is 5.32 Å². The van der Waals surface area contributed by atoms with Crippen LogP contribution in [0.5, 0.6) is 17.2 Å². The lowest BCUT2D eigenvalue weighted by molar-refractivity contribution is -0.385. The summed E-state index contributed by atoms with van der Waals surface area (Å²) in [5.74, 6) is -2.31. The number of fused-ring (bicyclic) bond motifs is 8. The molecule has 12 heteroatoms. The smallest absolute Gasteiger partial charge is 0.279 e. The van der Waals surface area contributed by atoms with Crippen LogP contribution in [0.2, 0.25) is 0 Å². The molecule has 0 saturated carbocycles. The molecular weight excluding hydrogens is 598 g/mol. The van der Waals surface area contributed by atoms with Crippen molar-refractivity contribution in [1.29, 1.82) is 0 Å². The van der Waals surface area contributed by atoms with Crippen molar-refractivity contribution in [2.24, 2.45) is 0 Å². The fraction of sp³-hybridized carbons (Fsp3) is 0.676. The molecule has 248 valence electrons. The van der Waals surface area contributed by atoms with E-state index in [9.17, 15) is 9.90 Å². The second-order valence-corrected chi connectivity index (χ2v) is 13.6. The van der Waals surface area contributed by atoms with E-state index in [1.807, 2.05) is 19.9 Å². The number of ketones is 1. The first-order valence-corrected chi connectivity index (χ1v) is 16.7. The van der Waals surface area contributed by atoms with Crippen LogP contribution in [0, 0.1) is 6.92 Å². The molecule has 8 atom stereocenters. The zero-order chi connectivity index (χ0) is 31.6. The van der Waals surface area contributed by atoms with Crippen LogP contribution >= 0.6 is 0 Å². The lowest BCUT2D eigenvalue weighted by Gasteiger charge is -2.51. The second kappa shape index (κ2) is 10.2. The first kappa shape index (κ1) is 29.6. The molecule has 1 spiro atoms. The van der Waals surface area contributed by atoms with Gasteiger partial charge in [-0.05, 0) is 57.7 Å². The molecule has 2 N–H and O–H groups in total. The highest BCUT2D eigenvalue weighted by atomic mass is 16.9. The number of likely N-dealkylation sites (N-methyl/N-ethyl adjacent to an activating group) is 1. The molecule has 12 nitrogen and oxygen atoms in total. The van der Waals surface area contributed by atoms with E-state index in [1.165, 1.54) is 0 Å². The number of rotatable bonds is 6. The van der Waals surface area contributed by atoms with Crippen molar-refractivity contribution >= 4 is 16.6 Å². The number of hydrogen-bond donors (Lipinski definition) is 2. The molecule has 46 heavy (non-hydrogen) atoms. The summed E-state index contributed by atoms with van der Waals surface area (Å²) in [6, 6.07) is 2.17. The average Bonchev–Trinajstić information content (AvgIpc) is 3.71. The summed E-state index contributed by atoms with van der Waals surface area (Å²) >= 11 is 0. The van der Waals surface area contributed by atoms with Gasteiger partial charge >= 0.3 is 0 Å². The number of methoxy groups -OCH3 is 1. The molecule has 0 aromatic heterocycles. The topological polar surface area (TPSA) is 136 Å². The van der Waals surface area contributed by atoms with Crippen LogP contribution in [0.3, 0.4) is 0 Å². The van der Waals surface area contributed by atoms with Gasteiger partial charge in [0.2, 0.25) is 11.9 Å². The third-order valence-electron chi connectivity index (χ3n) is 11.0. The number of epoxide rings is 1. The zero-order valence-corrected chi connectivity index (χ0v) is 26.6. The molecule has 1 aliphatic carbocycles. The second-order valence-electron chi connectivity index (χ2n) is 13.6. The van der Waals surface area contributed by atoms with Crippen molar-refractivity contribution in [3.8, 4) is 17.2 Å². The first-order valence-electron chi connectivity index (χ1n) is 16.7. The average molecular weight is 640 g/mol. The molecule has 2 aromatic rings. The van der Waals surface area contributed by atoms with Gasteiger partial charge in [0.1, 0.15) is 23.4 Å². The van der Waals surface area contributed by atoms with Crippen LogP contribution in [0.25, 0.3) is 10.8 Å². The standard InChI is InChI=1S/C34H41NO11/c1-5-35-20-10-11-22(42-17(20)3)43-33-30-29(45-34(46-30,32(33)15-41-32)31-39-12-7-13-40-31)23-16(2)14-19-25(28(23)44-33)26(37)24-18(27(19)38-4)8-6-9-21(24)36/h14,17,20,22,29-31,35,37H,5-13,15H2,1-4H3/t17-,20+,22-,29?,30?,32-,33+,34+/m0/s1. The Morgan fingerprint density at radius 2 is 1.93 bits per heavy atom. The third-order valence-corrected chi connectivity index (χ3v) is 11.0. The van der Waals surface area contributed by atoms with Gasteiger partial charge in [-0.3, -0.25) is 4.79 Å². The van der Waals surface area contributed by atoms with Gasteiger partial charge in [-0.1, -0.05) is 6.92 Å². The fourth-order valence-corrected chi connectivity index (χ4v) is 8.95. The number of aryl methyl sites for hydroxylation is 1. The van der Waals surface area contributed by atoms with Crippen molar-refractivity contribution in [3.05, 3.63) is 28.3 Å². The normalized spacial score (nSPS) is 39.4. The molecule has 7 aliphatic rings. The monoisotopic (exact) mass is 639 g/mol. The lowest BCUT2D eigenvalue weighted by atomic mass is 9.78. The van der Waals surface area contributed by atoms with Gasteiger partial charge in [0.25, 0.3) is 11.6 Å². The van der Waals surface area contributed by atoms with Crippen molar-refractivity contribution in [3.63, 3.8) is 0 Å². The minimum Gasteiger partial charge on any atom is -0.506 e. The van der Waals surface area contributed by atoms with Crippen molar-refractivity contribution < 1.29 is 52.5 Å². The number of carbonyl (C=O) groups excluding carboxylic acids is 1. The molecular formula is C34H41NO11. The Bertz CT molecular complexity index is 1620. The van der Waals surface area contributed by atoms with Gasteiger partial charge < -0.3 is 53.1 Å². The molecule has 6 heterocycles. The number of phenols is 1. The number of carbonyl (C=O) groups is 1. The van der Waals surface area contributed by atoms with Gasteiger partial charge in [0, 0.05) is 35.4 Å². The van der Waals surface area contributed by atoms with E-state index < -0.39 is 42.0 Å². The minimum absolute atomic E-state index is 0.110. The molecule has 2 aromatic carbocycles. The van der Waals surface area contributed by atoms with E-state index in [0.29, 0.717) is 66.7 Å². The molecule has 5 fully saturated rings. The molecule has 6 aliphatic heterocycles. The Balaban J connectivity index is 1.24. The van der Waals surface area contributed by atoms with Gasteiger partial charge in [0.05, 0.1) is 44.0 Å². The maximum Gasteiger partial charge on any atom is 0.279 e. The van der Waals surface area contributed by atoms with Crippen LogP contribution in [0.1, 0.15) is 79.1 Å². The van der Waals surface area contributed by atoms with E-state index in [2.05, 4.69) is 12.2 Å². The Morgan fingerprint density at radius 1 is 1.13 bits per heavy atom. The van der Waals surface area contributed by atoms with Crippen molar-refractivity contribution in [2.75, 3.05) is 33.5 Å². The van der Waals surface area contributed by atoms with E-state index >= 15 is 0 Å². The summed E-state index contributed by atoms with van der Waals surface area (Å²) in [4.78, 5) is 13.3. The van der Waals surface area contributed by atoms with Crippen LogP contribution in [0.15, 0.2) is 6.07 Å². The van der Waals surface area contributed by atoms with Crippen LogP contribution in [-0.2, 0) is 39.6 Å². The highest BCUT2D eigenvalue weighted by Gasteiger charge is 2.94. The van der Waals surface area contributed by atoms with E-state index in [-0.39, 0.29) is 35.8 Å². The van der Waals surface area contributed by atoms with E-state index in [4.69, 9.17) is 42.6 Å². The van der Waals surface area contributed by atoms with Gasteiger partial charge in [-0.25, -0.2) is 0 Å². The highest BCUT2D eigenvalue weighted by Crippen LogP contribution is 2.72. The summed E-state index contributed by atoms with van der Waals surface area (Å²) in [6.07, 6.45) is 0.854. The summed E-state index contributed by atoms with van der Waals surface area (Å²) < 4.78 is 58.9.